The van der Waals surface area contributed by atoms with Crippen LogP contribution in [0.25, 0.3) is 11.0 Å². The summed E-state index contributed by atoms with van der Waals surface area (Å²) in [6.45, 7) is 7.29. The van der Waals surface area contributed by atoms with Gasteiger partial charge in [0.15, 0.2) is 0 Å². The Morgan fingerprint density at radius 3 is 2.52 bits per heavy atom. The van der Waals surface area contributed by atoms with Crippen LogP contribution in [-0.2, 0) is 0 Å². The molecular weight excluding hydrogens is 294 g/mol. The lowest BCUT2D eigenvalue weighted by atomic mass is 10.1. The molecule has 0 aliphatic carbocycles. The summed E-state index contributed by atoms with van der Waals surface area (Å²) in [6.07, 6.45) is 0. The number of carbonyl (C=O) groups is 1. The number of nitrogens with zero attached hydrogens (tertiary/aromatic N) is 1. The average Bonchev–Trinajstić information content (AvgIpc) is 2.79. The number of rotatable bonds is 2. The molecule has 0 saturated carbocycles. The standard InChI is InChI=1S/C17H17N3O3/c1-8-6-15(21)23-14-5-9(2)13(7-12(8)14)20-17(22)16-10(3)18-11(4)19-16/h5-7H,1-4H3,(H,18,19)(H,20,22). The van der Waals surface area contributed by atoms with Crippen molar-refractivity contribution in [3.05, 3.63) is 57.0 Å². The molecule has 3 rings (SSSR count). The zero-order valence-corrected chi connectivity index (χ0v) is 13.4. The van der Waals surface area contributed by atoms with Crippen molar-refractivity contribution < 1.29 is 9.21 Å². The highest BCUT2D eigenvalue weighted by Gasteiger charge is 2.15. The molecule has 0 saturated heterocycles. The number of anilines is 1. The van der Waals surface area contributed by atoms with Crippen molar-refractivity contribution in [2.24, 2.45) is 0 Å². The predicted octanol–water partition coefficient (Wildman–Crippen LogP) is 3.00. The van der Waals surface area contributed by atoms with Crippen molar-refractivity contribution in [2.75, 3.05) is 5.32 Å². The van der Waals surface area contributed by atoms with E-state index < -0.39 is 0 Å². The van der Waals surface area contributed by atoms with E-state index in [-0.39, 0.29) is 11.5 Å². The molecule has 0 aliphatic heterocycles. The molecule has 0 spiro atoms. The first kappa shape index (κ1) is 15.0. The van der Waals surface area contributed by atoms with Crippen molar-refractivity contribution in [3.8, 4) is 0 Å². The summed E-state index contributed by atoms with van der Waals surface area (Å²) < 4.78 is 5.20. The molecule has 2 aromatic heterocycles. The van der Waals surface area contributed by atoms with Gasteiger partial charge in [0, 0.05) is 22.8 Å². The lowest BCUT2D eigenvalue weighted by molar-refractivity contribution is 0.102. The maximum absolute atomic E-state index is 12.4. The Balaban J connectivity index is 2.03. The second-order valence-corrected chi connectivity index (χ2v) is 5.66. The smallest absolute Gasteiger partial charge is 0.336 e. The fraction of sp³-hybridized carbons (Fsp3) is 0.235. The van der Waals surface area contributed by atoms with Crippen molar-refractivity contribution in [1.82, 2.24) is 9.97 Å². The molecule has 6 nitrogen and oxygen atoms in total. The van der Waals surface area contributed by atoms with Crippen LogP contribution >= 0.6 is 0 Å². The van der Waals surface area contributed by atoms with Crippen molar-refractivity contribution in [1.29, 1.82) is 0 Å². The summed E-state index contributed by atoms with van der Waals surface area (Å²) in [7, 11) is 0. The molecule has 1 amide bonds. The van der Waals surface area contributed by atoms with Crippen LogP contribution in [0.5, 0.6) is 0 Å². The molecule has 3 aromatic rings. The number of imidazole rings is 1. The van der Waals surface area contributed by atoms with Gasteiger partial charge in [-0.2, -0.15) is 0 Å². The zero-order chi connectivity index (χ0) is 16.7. The number of benzene rings is 1. The van der Waals surface area contributed by atoms with Crippen molar-refractivity contribution >= 4 is 22.6 Å². The Hall–Kier alpha value is -2.89. The fourth-order valence-corrected chi connectivity index (χ4v) is 2.61. The minimum absolute atomic E-state index is 0.274. The molecule has 1 aromatic carbocycles. The van der Waals surface area contributed by atoms with Gasteiger partial charge in [-0.3, -0.25) is 4.79 Å². The zero-order valence-electron chi connectivity index (χ0n) is 13.4. The molecule has 0 bridgehead atoms. The van der Waals surface area contributed by atoms with Gasteiger partial charge in [-0.15, -0.1) is 0 Å². The van der Waals surface area contributed by atoms with Crippen LogP contribution in [0.15, 0.2) is 27.4 Å². The summed E-state index contributed by atoms with van der Waals surface area (Å²) in [6, 6.07) is 5.00. The third kappa shape index (κ3) is 2.75. The van der Waals surface area contributed by atoms with Crippen LogP contribution in [0.2, 0.25) is 0 Å². The minimum Gasteiger partial charge on any atom is -0.423 e. The SMILES string of the molecule is Cc1nc(C(=O)Nc2cc3c(C)cc(=O)oc3cc2C)c(C)[nH]1. The van der Waals surface area contributed by atoms with E-state index in [2.05, 4.69) is 15.3 Å². The average molecular weight is 311 g/mol. The highest BCUT2D eigenvalue weighted by Crippen LogP contribution is 2.25. The first-order valence-electron chi connectivity index (χ1n) is 7.25. The van der Waals surface area contributed by atoms with Crippen molar-refractivity contribution in [3.63, 3.8) is 0 Å². The van der Waals surface area contributed by atoms with Gasteiger partial charge in [0.25, 0.3) is 5.91 Å². The van der Waals surface area contributed by atoms with Gasteiger partial charge in [0.2, 0.25) is 0 Å². The number of carbonyl (C=O) groups excluding carboxylic acids is 1. The van der Waals surface area contributed by atoms with Crippen LogP contribution in [-0.4, -0.2) is 15.9 Å². The lowest BCUT2D eigenvalue weighted by Gasteiger charge is -2.10. The molecule has 2 heterocycles. The Labute approximate surface area is 132 Å². The first-order chi connectivity index (χ1) is 10.8. The third-order valence-electron chi connectivity index (χ3n) is 3.76. The number of fused-ring (bicyclic) bond motifs is 1. The number of aryl methyl sites for hydroxylation is 4. The second-order valence-electron chi connectivity index (χ2n) is 5.66. The minimum atomic E-state index is -0.381. The molecular formula is C17H17N3O3. The number of hydrogen-bond acceptors (Lipinski definition) is 4. The van der Waals surface area contributed by atoms with Crippen LogP contribution in [0.1, 0.15) is 33.1 Å². The van der Waals surface area contributed by atoms with E-state index >= 15 is 0 Å². The fourth-order valence-electron chi connectivity index (χ4n) is 2.61. The van der Waals surface area contributed by atoms with Gasteiger partial charge >= 0.3 is 5.63 Å². The number of hydrogen-bond donors (Lipinski definition) is 2. The Kier molecular flexibility index (Phi) is 3.52. The first-order valence-corrected chi connectivity index (χ1v) is 7.25. The van der Waals surface area contributed by atoms with Gasteiger partial charge < -0.3 is 14.7 Å². The van der Waals surface area contributed by atoms with E-state index in [4.69, 9.17) is 4.42 Å². The molecule has 0 fully saturated rings. The number of nitrogens with one attached hydrogen (secondary N) is 2. The van der Waals surface area contributed by atoms with E-state index in [9.17, 15) is 9.59 Å². The highest BCUT2D eigenvalue weighted by atomic mass is 16.4. The van der Waals surface area contributed by atoms with E-state index in [0.717, 1.165) is 22.2 Å². The summed E-state index contributed by atoms with van der Waals surface area (Å²) in [5.74, 6) is 0.421. The maximum Gasteiger partial charge on any atom is 0.336 e. The molecule has 0 radical (unpaired) electrons. The molecule has 0 atom stereocenters. The highest BCUT2D eigenvalue weighted by molar-refractivity contribution is 6.05. The number of aromatic amines is 1. The van der Waals surface area contributed by atoms with Gasteiger partial charge in [-0.1, -0.05) is 0 Å². The van der Waals surface area contributed by atoms with Gasteiger partial charge in [0.1, 0.15) is 17.1 Å². The number of aromatic nitrogens is 2. The molecule has 118 valence electrons. The largest absolute Gasteiger partial charge is 0.423 e. The van der Waals surface area contributed by atoms with Crippen LogP contribution < -0.4 is 10.9 Å². The molecule has 6 heteroatoms. The van der Waals surface area contributed by atoms with Crippen molar-refractivity contribution in [2.45, 2.75) is 27.7 Å². The quantitative estimate of drug-likeness (QED) is 0.712. The van der Waals surface area contributed by atoms with E-state index in [1.807, 2.05) is 19.9 Å². The summed E-state index contributed by atoms with van der Waals surface area (Å²) in [5.41, 5.74) is 3.51. The normalized spacial score (nSPS) is 11.0. The molecule has 0 aliphatic rings. The molecule has 2 N–H and O–H groups in total. The predicted molar refractivity (Wildman–Crippen MR) is 88.0 cm³/mol. The summed E-state index contributed by atoms with van der Waals surface area (Å²) in [5, 5.41) is 3.67. The number of H-pyrrole nitrogens is 1. The van der Waals surface area contributed by atoms with Gasteiger partial charge in [-0.25, -0.2) is 9.78 Å². The Morgan fingerprint density at radius 2 is 1.87 bits per heavy atom. The summed E-state index contributed by atoms with van der Waals surface area (Å²) >= 11 is 0. The number of amides is 1. The van der Waals surface area contributed by atoms with Gasteiger partial charge in [-0.05, 0) is 51.0 Å². The third-order valence-corrected chi connectivity index (χ3v) is 3.76. The maximum atomic E-state index is 12.4. The monoisotopic (exact) mass is 311 g/mol. The van der Waals surface area contributed by atoms with Crippen LogP contribution in [0.4, 0.5) is 5.69 Å². The van der Waals surface area contributed by atoms with Gasteiger partial charge in [0.05, 0.1) is 0 Å². The van der Waals surface area contributed by atoms with Crippen LogP contribution in [0, 0.1) is 27.7 Å². The van der Waals surface area contributed by atoms with Crippen LogP contribution in [0.3, 0.4) is 0 Å². The lowest BCUT2D eigenvalue weighted by Crippen LogP contribution is -2.14. The molecule has 0 unspecified atom stereocenters. The second kappa shape index (κ2) is 5.39. The Bertz CT molecular complexity index is 983. The Morgan fingerprint density at radius 1 is 1.13 bits per heavy atom. The van der Waals surface area contributed by atoms with E-state index in [0.29, 0.717) is 22.8 Å². The molecule has 23 heavy (non-hydrogen) atoms. The van der Waals surface area contributed by atoms with E-state index in [1.165, 1.54) is 6.07 Å². The van der Waals surface area contributed by atoms with E-state index in [1.54, 1.807) is 19.9 Å². The topological polar surface area (TPSA) is 88.0 Å². The summed E-state index contributed by atoms with van der Waals surface area (Å²) in [4.78, 5) is 31.1.